The molecule has 0 saturated carbocycles. The summed E-state index contributed by atoms with van der Waals surface area (Å²) < 4.78 is 2.22. The highest BCUT2D eigenvalue weighted by atomic mass is 16.1. The van der Waals surface area contributed by atoms with Crippen LogP contribution in [-0.4, -0.2) is 17.0 Å². The molecule has 0 bridgehead atoms. The molecular formula is C20H20N2O. The molecule has 0 aliphatic heterocycles. The van der Waals surface area contributed by atoms with E-state index in [9.17, 15) is 4.79 Å². The van der Waals surface area contributed by atoms with Crippen LogP contribution < -0.4 is 5.32 Å². The maximum absolute atomic E-state index is 11.8. The summed E-state index contributed by atoms with van der Waals surface area (Å²) in [5.41, 5.74) is 2.27. The fraction of sp³-hybridized carbons (Fsp3) is 0.150. The van der Waals surface area contributed by atoms with Gasteiger partial charge in [-0.3, -0.25) is 4.79 Å². The summed E-state index contributed by atoms with van der Waals surface area (Å²) in [6.07, 6.45) is 6.42. The van der Waals surface area contributed by atoms with Crippen molar-refractivity contribution in [3.63, 3.8) is 0 Å². The maximum atomic E-state index is 11.8. The second kappa shape index (κ2) is 7.45. The van der Waals surface area contributed by atoms with E-state index in [0.717, 1.165) is 18.5 Å². The van der Waals surface area contributed by atoms with Crippen molar-refractivity contribution in [2.45, 2.75) is 13.0 Å². The van der Waals surface area contributed by atoms with Gasteiger partial charge in [0.1, 0.15) is 0 Å². The minimum Gasteiger partial charge on any atom is -0.352 e. The smallest absolute Gasteiger partial charge is 0.244 e. The van der Waals surface area contributed by atoms with E-state index in [2.05, 4.69) is 40.3 Å². The molecule has 0 fully saturated rings. The van der Waals surface area contributed by atoms with Crippen LogP contribution in [-0.2, 0) is 11.3 Å². The van der Waals surface area contributed by atoms with Crippen molar-refractivity contribution in [1.29, 1.82) is 0 Å². The van der Waals surface area contributed by atoms with Crippen LogP contribution >= 0.6 is 0 Å². The molecular weight excluding hydrogens is 284 g/mol. The standard InChI is InChI=1S/C20H20N2O/c23-20(12-11-17-7-2-1-3-8-17)21-14-6-15-22-16-13-18-9-4-5-10-19(18)22/h1-5,7-13,16H,6,14-15H2,(H,21,23)/b12-11+. The van der Waals surface area contributed by atoms with E-state index in [1.54, 1.807) is 6.08 Å². The molecule has 3 nitrogen and oxygen atoms in total. The van der Waals surface area contributed by atoms with Gasteiger partial charge in [0.2, 0.25) is 5.91 Å². The van der Waals surface area contributed by atoms with E-state index in [4.69, 9.17) is 0 Å². The zero-order chi connectivity index (χ0) is 15.9. The van der Waals surface area contributed by atoms with Crippen LogP contribution in [0.25, 0.3) is 17.0 Å². The molecule has 116 valence electrons. The Hall–Kier alpha value is -2.81. The normalized spacial score (nSPS) is 11.1. The van der Waals surface area contributed by atoms with Gasteiger partial charge in [0.25, 0.3) is 0 Å². The first kappa shape index (κ1) is 15.1. The SMILES string of the molecule is O=C(/C=C/c1ccccc1)NCCCn1ccc2ccccc21. The molecule has 0 unspecified atom stereocenters. The molecule has 1 amide bonds. The number of carbonyl (C=O) groups excluding carboxylic acids is 1. The van der Waals surface area contributed by atoms with E-state index in [-0.39, 0.29) is 5.91 Å². The maximum Gasteiger partial charge on any atom is 0.244 e. The fourth-order valence-electron chi connectivity index (χ4n) is 2.59. The summed E-state index contributed by atoms with van der Waals surface area (Å²) in [6, 6.07) is 20.3. The summed E-state index contributed by atoms with van der Waals surface area (Å²) in [5.74, 6) is -0.0498. The van der Waals surface area contributed by atoms with E-state index in [1.807, 2.05) is 42.5 Å². The van der Waals surface area contributed by atoms with Crippen LogP contribution in [0.4, 0.5) is 0 Å². The second-order valence-electron chi connectivity index (χ2n) is 5.46. The lowest BCUT2D eigenvalue weighted by atomic mass is 10.2. The lowest BCUT2D eigenvalue weighted by Gasteiger charge is -2.06. The lowest BCUT2D eigenvalue weighted by molar-refractivity contribution is -0.116. The van der Waals surface area contributed by atoms with Crippen LogP contribution in [0.5, 0.6) is 0 Å². The number of amides is 1. The average Bonchev–Trinajstić information content (AvgIpc) is 3.01. The summed E-state index contributed by atoms with van der Waals surface area (Å²) in [5, 5.41) is 4.18. The summed E-state index contributed by atoms with van der Waals surface area (Å²) >= 11 is 0. The highest BCUT2D eigenvalue weighted by Crippen LogP contribution is 2.15. The number of nitrogens with one attached hydrogen (secondary N) is 1. The molecule has 3 aromatic rings. The summed E-state index contributed by atoms with van der Waals surface area (Å²) in [6.45, 7) is 1.57. The predicted molar refractivity (Wildman–Crippen MR) is 95.0 cm³/mol. The lowest BCUT2D eigenvalue weighted by Crippen LogP contribution is -2.23. The molecule has 0 aliphatic rings. The van der Waals surface area contributed by atoms with Crippen LogP contribution in [0.15, 0.2) is 72.9 Å². The number of aryl methyl sites for hydroxylation is 1. The number of benzene rings is 2. The minimum atomic E-state index is -0.0498. The van der Waals surface area contributed by atoms with Gasteiger partial charge in [-0.05, 0) is 35.6 Å². The zero-order valence-corrected chi connectivity index (χ0v) is 13.0. The third-order valence-corrected chi connectivity index (χ3v) is 3.78. The molecule has 1 heterocycles. The van der Waals surface area contributed by atoms with E-state index < -0.39 is 0 Å². The van der Waals surface area contributed by atoms with Gasteiger partial charge in [-0.1, -0.05) is 48.5 Å². The zero-order valence-electron chi connectivity index (χ0n) is 13.0. The highest BCUT2D eigenvalue weighted by molar-refractivity contribution is 5.91. The van der Waals surface area contributed by atoms with Crippen molar-refractivity contribution >= 4 is 22.9 Å². The second-order valence-corrected chi connectivity index (χ2v) is 5.46. The number of rotatable bonds is 6. The van der Waals surface area contributed by atoms with E-state index in [1.165, 1.54) is 10.9 Å². The molecule has 23 heavy (non-hydrogen) atoms. The van der Waals surface area contributed by atoms with Gasteiger partial charge >= 0.3 is 0 Å². The monoisotopic (exact) mass is 304 g/mol. The van der Waals surface area contributed by atoms with Crippen LogP contribution in [0.1, 0.15) is 12.0 Å². The number of para-hydroxylation sites is 1. The number of aromatic nitrogens is 1. The van der Waals surface area contributed by atoms with Crippen LogP contribution in [0.3, 0.4) is 0 Å². The largest absolute Gasteiger partial charge is 0.352 e. The molecule has 3 rings (SSSR count). The Morgan fingerprint density at radius 2 is 1.78 bits per heavy atom. The Morgan fingerprint density at radius 1 is 1.00 bits per heavy atom. The van der Waals surface area contributed by atoms with Gasteiger partial charge in [-0.15, -0.1) is 0 Å². The van der Waals surface area contributed by atoms with Crippen molar-refractivity contribution in [3.05, 3.63) is 78.5 Å². The molecule has 3 heteroatoms. The molecule has 0 saturated heterocycles. The molecule has 1 aromatic heterocycles. The minimum absolute atomic E-state index is 0.0498. The quantitative estimate of drug-likeness (QED) is 0.544. The predicted octanol–water partition coefficient (Wildman–Crippen LogP) is 3.86. The van der Waals surface area contributed by atoms with Crippen molar-refractivity contribution in [2.75, 3.05) is 6.54 Å². The summed E-state index contributed by atoms with van der Waals surface area (Å²) in [7, 11) is 0. The van der Waals surface area contributed by atoms with E-state index >= 15 is 0 Å². The first-order valence-electron chi connectivity index (χ1n) is 7.88. The fourth-order valence-corrected chi connectivity index (χ4v) is 2.59. The molecule has 0 aliphatic carbocycles. The molecule has 1 N–H and O–H groups in total. The Bertz CT molecular complexity index is 803. The van der Waals surface area contributed by atoms with Gasteiger partial charge in [-0.2, -0.15) is 0 Å². The Balaban J connectivity index is 1.44. The Labute approximate surface area is 136 Å². The van der Waals surface area contributed by atoms with Crippen molar-refractivity contribution in [2.24, 2.45) is 0 Å². The first-order valence-corrected chi connectivity index (χ1v) is 7.88. The van der Waals surface area contributed by atoms with E-state index in [0.29, 0.717) is 6.54 Å². The van der Waals surface area contributed by atoms with Crippen molar-refractivity contribution in [1.82, 2.24) is 9.88 Å². The number of hydrogen-bond donors (Lipinski definition) is 1. The first-order chi connectivity index (χ1) is 11.3. The number of fused-ring (bicyclic) bond motifs is 1. The van der Waals surface area contributed by atoms with Crippen LogP contribution in [0, 0.1) is 0 Å². The third-order valence-electron chi connectivity index (χ3n) is 3.78. The topological polar surface area (TPSA) is 34.0 Å². The third kappa shape index (κ3) is 4.10. The van der Waals surface area contributed by atoms with Gasteiger partial charge in [0.15, 0.2) is 0 Å². The molecule has 0 atom stereocenters. The number of nitrogens with zero attached hydrogens (tertiary/aromatic N) is 1. The van der Waals surface area contributed by atoms with Gasteiger partial charge in [0, 0.05) is 30.9 Å². The van der Waals surface area contributed by atoms with Crippen molar-refractivity contribution < 1.29 is 4.79 Å². The van der Waals surface area contributed by atoms with Gasteiger partial charge in [-0.25, -0.2) is 0 Å². The molecule has 2 aromatic carbocycles. The average molecular weight is 304 g/mol. The Morgan fingerprint density at radius 3 is 2.65 bits per heavy atom. The highest BCUT2D eigenvalue weighted by Gasteiger charge is 2.00. The van der Waals surface area contributed by atoms with Gasteiger partial charge < -0.3 is 9.88 Å². The van der Waals surface area contributed by atoms with Crippen LogP contribution in [0.2, 0.25) is 0 Å². The molecule has 0 spiro atoms. The number of hydrogen-bond acceptors (Lipinski definition) is 1. The number of carbonyl (C=O) groups is 1. The van der Waals surface area contributed by atoms with Gasteiger partial charge in [0.05, 0.1) is 0 Å². The van der Waals surface area contributed by atoms with Crippen molar-refractivity contribution in [3.8, 4) is 0 Å². The summed E-state index contributed by atoms with van der Waals surface area (Å²) in [4.78, 5) is 11.8. The Kier molecular flexibility index (Phi) is 4.89. The molecule has 0 radical (unpaired) electrons.